The van der Waals surface area contributed by atoms with Gasteiger partial charge in [-0.25, -0.2) is 4.68 Å². The molecule has 0 bridgehead atoms. The average Bonchev–Trinajstić information content (AvgIpc) is 2.53. The topological polar surface area (TPSA) is 73.9 Å². The largest absolute Gasteiger partial charge is 0.503 e. The Bertz CT molecular complexity index is 344. The van der Waals surface area contributed by atoms with Gasteiger partial charge in [-0.05, 0) is 15.9 Å². The molecule has 0 radical (unpaired) electrons. The zero-order valence-corrected chi connectivity index (χ0v) is 8.54. The maximum absolute atomic E-state index is 9.28. The normalized spacial score (nSPS) is 12.2. The molecule has 0 saturated carbocycles. The molecule has 5 nitrogen and oxygen atoms in total. The molecule has 1 heterocycles. The van der Waals surface area contributed by atoms with Crippen LogP contribution in [0, 0.1) is 5.41 Å². The number of hydrogen-bond acceptors (Lipinski definition) is 4. The van der Waals surface area contributed by atoms with E-state index in [1.54, 1.807) is 19.4 Å². The van der Waals surface area contributed by atoms with Crippen LogP contribution in [-0.2, 0) is 0 Å². The van der Waals surface area contributed by atoms with E-state index in [4.69, 9.17) is 5.41 Å². The molecular weight excluding hydrogens is 236 g/mol. The lowest BCUT2D eigenvalue weighted by atomic mass is 10.5. The van der Waals surface area contributed by atoms with Gasteiger partial charge in [0.2, 0.25) is 0 Å². The van der Waals surface area contributed by atoms with Crippen LogP contribution in [0.4, 0.5) is 0 Å². The number of aliphatic hydroxyl groups excluding tert-OH is 1. The summed E-state index contributed by atoms with van der Waals surface area (Å²) in [4.78, 5) is 0. The monoisotopic (exact) mass is 244 g/mol. The van der Waals surface area contributed by atoms with Crippen LogP contribution in [0.1, 0.15) is 0 Å². The van der Waals surface area contributed by atoms with Gasteiger partial charge in [0.05, 0.1) is 16.9 Å². The average molecular weight is 245 g/mol. The van der Waals surface area contributed by atoms with Crippen molar-refractivity contribution >= 4 is 28.0 Å². The first-order valence-electron chi connectivity index (χ1n) is 3.51. The van der Waals surface area contributed by atoms with Crippen LogP contribution < -0.4 is 5.32 Å². The molecule has 0 aliphatic heterocycles. The molecule has 1 aromatic rings. The summed E-state index contributed by atoms with van der Waals surface area (Å²) in [6, 6.07) is 0. The highest BCUT2D eigenvalue weighted by atomic mass is 79.9. The quantitative estimate of drug-likeness (QED) is 0.553. The van der Waals surface area contributed by atoms with Gasteiger partial charge in [-0.3, -0.25) is 0 Å². The van der Waals surface area contributed by atoms with Crippen LogP contribution >= 0.6 is 15.9 Å². The minimum atomic E-state index is -0.168. The van der Waals surface area contributed by atoms with E-state index >= 15 is 0 Å². The minimum absolute atomic E-state index is 0.168. The summed E-state index contributed by atoms with van der Waals surface area (Å²) >= 11 is 3.23. The van der Waals surface area contributed by atoms with Gasteiger partial charge in [0.1, 0.15) is 0 Å². The Morgan fingerprint density at radius 3 is 2.92 bits per heavy atom. The standard InChI is InChI=1S/C7H9BrN4O/c1-10-7(6(13)2-9)12-4-5(8)3-11-12/h2-4,9-10,13H,1H3/b7-6-,9-2?. The smallest absolute Gasteiger partial charge is 0.176 e. The van der Waals surface area contributed by atoms with E-state index in [0.29, 0.717) is 5.82 Å². The van der Waals surface area contributed by atoms with Gasteiger partial charge in [0, 0.05) is 13.2 Å². The number of rotatable bonds is 3. The number of halogens is 1. The van der Waals surface area contributed by atoms with Gasteiger partial charge >= 0.3 is 0 Å². The first-order valence-corrected chi connectivity index (χ1v) is 4.30. The fourth-order valence-electron chi connectivity index (χ4n) is 0.851. The van der Waals surface area contributed by atoms with Crippen molar-refractivity contribution in [3.8, 4) is 0 Å². The Morgan fingerprint density at radius 1 is 1.85 bits per heavy atom. The zero-order chi connectivity index (χ0) is 9.84. The van der Waals surface area contributed by atoms with Crippen molar-refractivity contribution in [3.05, 3.63) is 22.6 Å². The number of aromatic nitrogens is 2. The Kier molecular flexibility index (Phi) is 3.07. The fourth-order valence-corrected chi connectivity index (χ4v) is 1.14. The third-order valence-corrected chi connectivity index (χ3v) is 1.81. The second-order valence-electron chi connectivity index (χ2n) is 2.23. The van der Waals surface area contributed by atoms with Gasteiger partial charge in [0.25, 0.3) is 0 Å². The second-order valence-corrected chi connectivity index (χ2v) is 3.15. The number of aliphatic hydroxyl groups is 1. The molecule has 0 aromatic carbocycles. The first kappa shape index (κ1) is 9.79. The molecule has 1 rings (SSSR count). The molecule has 13 heavy (non-hydrogen) atoms. The Labute approximate surface area is 83.7 Å². The van der Waals surface area contributed by atoms with E-state index in [9.17, 15) is 5.11 Å². The lowest BCUT2D eigenvalue weighted by Crippen LogP contribution is -2.15. The van der Waals surface area contributed by atoms with Crippen molar-refractivity contribution in [1.29, 1.82) is 5.41 Å². The molecule has 0 fully saturated rings. The molecule has 0 atom stereocenters. The van der Waals surface area contributed by atoms with Gasteiger partial charge in [0.15, 0.2) is 11.6 Å². The third-order valence-electron chi connectivity index (χ3n) is 1.40. The number of hydrogen-bond donors (Lipinski definition) is 3. The van der Waals surface area contributed by atoms with Gasteiger partial charge in [-0.15, -0.1) is 0 Å². The lowest BCUT2D eigenvalue weighted by molar-refractivity contribution is 0.440. The van der Waals surface area contributed by atoms with Crippen molar-refractivity contribution in [2.75, 3.05) is 7.05 Å². The lowest BCUT2D eigenvalue weighted by Gasteiger charge is -2.06. The SMILES string of the molecule is CN/C(=C(/O)C=N)n1cc(Br)cn1. The highest BCUT2D eigenvalue weighted by Crippen LogP contribution is 2.10. The van der Waals surface area contributed by atoms with Gasteiger partial charge in [-0.1, -0.05) is 0 Å². The fraction of sp³-hybridized carbons (Fsp3) is 0.143. The van der Waals surface area contributed by atoms with Crippen LogP contribution in [0.25, 0.3) is 5.82 Å². The molecule has 0 unspecified atom stereocenters. The van der Waals surface area contributed by atoms with Crippen LogP contribution in [0.3, 0.4) is 0 Å². The summed E-state index contributed by atoms with van der Waals surface area (Å²) in [5.41, 5.74) is 0. The van der Waals surface area contributed by atoms with Crippen LogP contribution in [0.2, 0.25) is 0 Å². The maximum Gasteiger partial charge on any atom is 0.176 e. The van der Waals surface area contributed by atoms with Crippen LogP contribution in [0.5, 0.6) is 0 Å². The predicted molar refractivity (Wildman–Crippen MR) is 53.6 cm³/mol. The molecule has 0 spiro atoms. The molecule has 1 aromatic heterocycles. The number of nitrogens with zero attached hydrogens (tertiary/aromatic N) is 2. The van der Waals surface area contributed by atoms with Crippen LogP contribution in [-0.4, -0.2) is 28.1 Å². The molecular formula is C7H9BrN4O. The number of nitrogens with one attached hydrogen (secondary N) is 2. The van der Waals surface area contributed by atoms with E-state index in [1.807, 2.05) is 0 Å². The van der Waals surface area contributed by atoms with Crippen molar-refractivity contribution < 1.29 is 5.11 Å². The molecule has 0 saturated heterocycles. The highest BCUT2D eigenvalue weighted by Gasteiger charge is 2.05. The molecule has 6 heteroatoms. The molecule has 3 N–H and O–H groups in total. The summed E-state index contributed by atoms with van der Waals surface area (Å²) in [5, 5.41) is 22.8. The van der Waals surface area contributed by atoms with E-state index < -0.39 is 0 Å². The van der Waals surface area contributed by atoms with Gasteiger partial charge in [-0.2, -0.15) is 5.10 Å². The minimum Gasteiger partial charge on any atom is -0.503 e. The van der Waals surface area contributed by atoms with E-state index in [0.717, 1.165) is 10.7 Å². The van der Waals surface area contributed by atoms with Crippen molar-refractivity contribution in [1.82, 2.24) is 15.1 Å². The molecule has 0 amide bonds. The Balaban J connectivity index is 3.11. The highest BCUT2D eigenvalue weighted by molar-refractivity contribution is 9.10. The molecule has 0 aliphatic rings. The summed E-state index contributed by atoms with van der Waals surface area (Å²) in [5.74, 6) is 0.193. The maximum atomic E-state index is 9.28. The summed E-state index contributed by atoms with van der Waals surface area (Å²) in [6.45, 7) is 0. The summed E-state index contributed by atoms with van der Waals surface area (Å²) in [7, 11) is 1.64. The van der Waals surface area contributed by atoms with Crippen LogP contribution in [0.15, 0.2) is 22.6 Å². The number of allylic oxidation sites excluding steroid dienone is 1. The Morgan fingerprint density at radius 2 is 2.54 bits per heavy atom. The second kappa shape index (κ2) is 4.08. The van der Waals surface area contributed by atoms with E-state index in [1.165, 1.54) is 4.68 Å². The van der Waals surface area contributed by atoms with E-state index in [-0.39, 0.29) is 5.76 Å². The zero-order valence-electron chi connectivity index (χ0n) is 6.95. The van der Waals surface area contributed by atoms with Crippen molar-refractivity contribution in [2.24, 2.45) is 0 Å². The van der Waals surface area contributed by atoms with Crippen molar-refractivity contribution in [2.45, 2.75) is 0 Å². The van der Waals surface area contributed by atoms with E-state index in [2.05, 4.69) is 26.3 Å². The summed E-state index contributed by atoms with van der Waals surface area (Å²) in [6.07, 6.45) is 4.11. The molecule has 70 valence electrons. The predicted octanol–water partition coefficient (Wildman–Crippen LogP) is 1.20. The third kappa shape index (κ3) is 2.09. The first-order chi connectivity index (χ1) is 6.19. The summed E-state index contributed by atoms with van der Waals surface area (Å²) < 4.78 is 2.24. The van der Waals surface area contributed by atoms with Crippen molar-refractivity contribution in [3.63, 3.8) is 0 Å². The van der Waals surface area contributed by atoms with Gasteiger partial charge < -0.3 is 15.8 Å². The molecule has 0 aliphatic carbocycles. The Hall–Kier alpha value is -1.30.